The highest BCUT2D eigenvalue weighted by molar-refractivity contribution is 7.92. The third kappa shape index (κ3) is 5.77. The SMILES string of the molecule is Cc1ccccc1NS(=O)(=O)c1cc(C(=O)Nc2cccc(OC(C)C)c2)ccc1Cl. The largest absolute Gasteiger partial charge is 0.491 e. The number of sulfonamides is 1. The van der Waals surface area contributed by atoms with Crippen LogP contribution in [0.3, 0.4) is 0 Å². The highest BCUT2D eigenvalue weighted by Crippen LogP contribution is 2.27. The molecule has 0 saturated heterocycles. The first kappa shape index (κ1) is 22.7. The Kier molecular flexibility index (Phi) is 6.87. The van der Waals surface area contributed by atoms with Gasteiger partial charge >= 0.3 is 0 Å². The molecule has 0 aliphatic heterocycles. The van der Waals surface area contributed by atoms with Crippen LogP contribution in [0.1, 0.15) is 29.8 Å². The Bertz CT molecular complexity index is 1210. The summed E-state index contributed by atoms with van der Waals surface area (Å²) in [5.74, 6) is 0.153. The average molecular weight is 459 g/mol. The molecule has 31 heavy (non-hydrogen) atoms. The topological polar surface area (TPSA) is 84.5 Å². The summed E-state index contributed by atoms with van der Waals surface area (Å²) in [5, 5.41) is 2.77. The fourth-order valence-electron chi connectivity index (χ4n) is 2.86. The van der Waals surface area contributed by atoms with Crippen LogP contribution in [-0.2, 0) is 10.0 Å². The minimum absolute atomic E-state index is 0.00395. The number of hydrogen-bond donors (Lipinski definition) is 2. The Morgan fingerprint density at radius 1 is 1.00 bits per heavy atom. The van der Waals surface area contributed by atoms with Gasteiger partial charge in [0.25, 0.3) is 15.9 Å². The number of ether oxygens (including phenoxy) is 1. The Morgan fingerprint density at radius 3 is 2.45 bits per heavy atom. The number of rotatable bonds is 7. The average Bonchev–Trinajstić information content (AvgIpc) is 2.69. The van der Waals surface area contributed by atoms with Crippen molar-refractivity contribution in [2.45, 2.75) is 31.8 Å². The molecule has 3 aromatic rings. The summed E-state index contributed by atoms with van der Waals surface area (Å²) in [7, 11) is -4.00. The van der Waals surface area contributed by atoms with E-state index in [0.717, 1.165) is 5.56 Å². The molecule has 3 aromatic carbocycles. The lowest BCUT2D eigenvalue weighted by molar-refractivity contribution is 0.102. The van der Waals surface area contributed by atoms with Crippen LogP contribution in [0.15, 0.2) is 71.6 Å². The zero-order valence-corrected chi connectivity index (χ0v) is 18.9. The van der Waals surface area contributed by atoms with E-state index < -0.39 is 15.9 Å². The smallest absolute Gasteiger partial charge is 0.263 e. The number of benzene rings is 3. The van der Waals surface area contributed by atoms with Crippen LogP contribution < -0.4 is 14.8 Å². The molecule has 8 heteroatoms. The third-order valence-electron chi connectivity index (χ3n) is 4.34. The van der Waals surface area contributed by atoms with Crippen molar-refractivity contribution in [3.63, 3.8) is 0 Å². The minimum atomic E-state index is -4.00. The van der Waals surface area contributed by atoms with E-state index in [-0.39, 0.29) is 21.6 Å². The third-order valence-corrected chi connectivity index (χ3v) is 6.18. The molecule has 0 aromatic heterocycles. The van der Waals surface area contributed by atoms with Gasteiger partial charge < -0.3 is 10.1 Å². The van der Waals surface area contributed by atoms with Crippen molar-refractivity contribution in [2.24, 2.45) is 0 Å². The fraction of sp³-hybridized carbons (Fsp3) is 0.174. The summed E-state index contributed by atoms with van der Waals surface area (Å²) in [6.07, 6.45) is -0.00395. The van der Waals surface area contributed by atoms with Crippen LogP contribution in [0, 0.1) is 6.92 Å². The summed E-state index contributed by atoms with van der Waals surface area (Å²) in [5.41, 5.74) is 1.89. The zero-order chi connectivity index (χ0) is 22.6. The first-order valence-corrected chi connectivity index (χ1v) is 11.5. The Balaban J connectivity index is 1.85. The zero-order valence-electron chi connectivity index (χ0n) is 17.3. The van der Waals surface area contributed by atoms with Crippen molar-refractivity contribution in [1.29, 1.82) is 0 Å². The molecule has 0 bridgehead atoms. The standard InChI is InChI=1S/C23H23ClN2O4S/c1-15(2)30-19-9-6-8-18(14-19)25-23(27)17-11-12-20(24)22(13-17)31(28,29)26-21-10-5-4-7-16(21)3/h4-15,26H,1-3H3,(H,25,27). The lowest BCUT2D eigenvalue weighted by atomic mass is 10.2. The monoisotopic (exact) mass is 458 g/mol. The Hall–Kier alpha value is -3.03. The molecule has 0 unspecified atom stereocenters. The van der Waals surface area contributed by atoms with Gasteiger partial charge in [0.2, 0.25) is 0 Å². The summed E-state index contributed by atoms with van der Waals surface area (Å²) in [4.78, 5) is 12.6. The first-order valence-electron chi connectivity index (χ1n) is 9.62. The quantitative estimate of drug-likeness (QED) is 0.490. The number of carbonyl (C=O) groups is 1. The van der Waals surface area contributed by atoms with Crippen LogP contribution in [0.25, 0.3) is 0 Å². The van der Waals surface area contributed by atoms with Gasteiger partial charge in [-0.25, -0.2) is 8.42 Å². The minimum Gasteiger partial charge on any atom is -0.491 e. The number of aryl methyl sites for hydroxylation is 1. The van der Waals surface area contributed by atoms with E-state index in [1.807, 2.05) is 19.9 Å². The van der Waals surface area contributed by atoms with Crippen LogP contribution in [0.5, 0.6) is 5.75 Å². The van der Waals surface area contributed by atoms with E-state index in [1.54, 1.807) is 49.4 Å². The molecule has 0 fully saturated rings. The van der Waals surface area contributed by atoms with Gasteiger partial charge in [-0.15, -0.1) is 0 Å². The second kappa shape index (κ2) is 9.41. The van der Waals surface area contributed by atoms with Gasteiger partial charge in [-0.05, 0) is 62.7 Å². The lowest BCUT2D eigenvalue weighted by Gasteiger charge is -2.13. The van der Waals surface area contributed by atoms with Crippen molar-refractivity contribution in [1.82, 2.24) is 0 Å². The fourth-order valence-corrected chi connectivity index (χ4v) is 4.52. The molecule has 162 valence electrons. The summed E-state index contributed by atoms with van der Waals surface area (Å²) in [6.45, 7) is 5.61. The van der Waals surface area contributed by atoms with Crippen molar-refractivity contribution in [2.75, 3.05) is 10.0 Å². The van der Waals surface area contributed by atoms with Gasteiger partial charge in [0.1, 0.15) is 10.6 Å². The number of anilines is 2. The second-order valence-electron chi connectivity index (χ2n) is 7.21. The maximum absolute atomic E-state index is 12.9. The molecule has 0 atom stereocenters. The van der Waals surface area contributed by atoms with Crippen LogP contribution in [-0.4, -0.2) is 20.4 Å². The first-order chi connectivity index (χ1) is 14.7. The lowest BCUT2D eigenvalue weighted by Crippen LogP contribution is -2.17. The summed E-state index contributed by atoms with van der Waals surface area (Å²) >= 11 is 6.15. The Morgan fingerprint density at radius 2 is 1.74 bits per heavy atom. The molecule has 0 spiro atoms. The van der Waals surface area contributed by atoms with Crippen molar-refractivity contribution in [3.8, 4) is 5.75 Å². The molecule has 1 amide bonds. The summed E-state index contributed by atoms with van der Waals surface area (Å²) in [6, 6.07) is 18.1. The molecule has 6 nitrogen and oxygen atoms in total. The van der Waals surface area contributed by atoms with Gasteiger partial charge in [0.15, 0.2) is 0 Å². The van der Waals surface area contributed by atoms with E-state index in [0.29, 0.717) is 17.1 Å². The molecule has 0 radical (unpaired) electrons. The van der Waals surface area contributed by atoms with E-state index in [2.05, 4.69) is 10.0 Å². The van der Waals surface area contributed by atoms with E-state index in [1.165, 1.54) is 18.2 Å². The highest BCUT2D eigenvalue weighted by Gasteiger charge is 2.21. The molecular weight excluding hydrogens is 436 g/mol. The molecule has 0 saturated carbocycles. The van der Waals surface area contributed by atoms with Gasteiger partial charge in [0.05, 0.1) is 16.8 Å². The molecule has 0 aliphatic carbocycles. The number of carbonyl (C=O) groups excluding carboxylic acids is 1. The van der Waals surface area contributed by atoms with Crippen LogP contribution in [0.2, 0.25) is 5.02 Å². The van der Waals surface area contributed by atoms with E-state index >= 15 is 0 Å². The number of nitrogens with one attached hydrogen (secondary N) is 2. The molecule has 0 aliphatic rings. The molecule has 3 rings (SSSR count). The number of para-hydroxylation sites is 1. The van der Waals surface area contributed by atoms with E-state index in [9.17, 15) is 13.2 Å². The maximum Gasteiger partial charge on any atom is 0.263 e. The maximum atomic E-state index is 12.9. The highest BCUT2D eigenvalue weighted by atomic mass is 35.5. The summed E-state index contributed by atoms with van der Waals surface area (Å²) < 4.78 is 34.0. The van der Waals surface area contributed by atoms with Gasteiger partial charge in [-0.1, -0.05) is 35.9 Å². The van der Waals surface area contributed by atoms with Gasteiger partial charge in [0, 0.05) is 17.3 Å². The predicted molar refractivity (Wildman–Crippen MR) is 124 cm³/mol. The van der Waals surface area contributed by atoms with Gasteiger partial charge in [-0.2, -0.15) is 0 Å². The Labute approximate surface area is 187 Å². The van der Waals surface area contributed by atoms with Crippen molar-refractivity contribution < 1.29 is 17.9 Å². The molecule has 0 heterocycles. The van der Waals surface area contributed by atoms with Crippen LogP contribution in [0.4, 0.5) is 11.4 Å². The second-order valence-corrected chi connectivity index (χ2v) is 9.27. The number of halogens is 1. The predicted octanol–water partition coefficient (Wildman–Crippen LogP) is 5.49. The number of amides is 1. The molecular formula is C23H23ClN2O4S. The van der Waals surface area contributed by atoms with Crippen molar-refractivity contribution >= 4 is 38.9 Å². The number of hydrogen-bond acceptors (Lipinski definition) is 4. The van der Waals surface area contributed by atoms with Gasteiger partial charge in [-0.3, -0.25) is 9.52 Å². The molecule has 2 N–H and O–H groups in total. The van der Waals surface area contributed by atoms with Crippen molar-refractivity contribution in [3.05, 3.63) is 82.9 Å². The van der Waals surface area contributed by atoms with E-state index in [4.69, 9.17) is 16.3 Å². The normalized spacial score (nSPS) is 11.3. The van der Waals surface area contributed by atoms with Crippen LogP contribution >= 0.6 is 11.6 Å².